The Kier molecular flexibility index (Phi) is 5.21. The van der Waals surface area contributed by atoms with Gasteiger partial charge in [0, 0.05) is 11.5 Å². The van der Waals surface area contributed by atoms with E-state index in [1.807, 2.05) is 0 Å². The van der Waals surface area contributed by atoms with Crippen molar-refractivity contribution in [2.75, 3.05) is 20.8 Å². The van der Waals surface area contributed by atoms with Gasteiger partial charge in [0.15, 0.2) is 28.8 Å². The van der Waals surface area contributed by atoms with Gasteiger partial charge in [-0.15, -0.1) is 0 Å². The van der Waals surface area contributed by atoms with Crippen LogP contribution < -0.4 is 9.47 Å². The van der Waals surface area contributed by atoms with Crippen LogP contribution in [0.2, 0.25) is 0 Å². The molecule has 7 nitrogen and oxygen atoms in total. The number of Topliss-reactive ketones (excluding diaryl/α,β-unsaturated/α-hetero) is 1. The number of carbonyl (C=O) groups is 2. The molecular formula is C20H20O7. The molecule has 0 unspecified atom stereocenters. The zero-order valence-electron chi connectivity index (χ0n) is 15.0. The standard InChI is InChI=1S/C20H20O7/c1-25-17-7-11(3-5-15(17)21)13-9-19(23)27-10-14(13)20(24)12-4-6-16(22)18(8-12)26-2/h3-8,13-14,21-22H,9-10H2,1-2H3/t13-,14+/m1/s1. The Labute approximate surface area is 156 Å². The molecule has 7 heteroatoms. The largest absolute Gasteiger partial charge is 0.504 e. The lowest BCUT2D eigenvalue weighted by molar-refractivity contribution is -0.149. The van der Waals surface area contributed by atoms with Crippen molar-refractivity contribution in [3.05, 3.63) is 47.5 Å². The number of rotatable bonds is 5. The summed E-state index contributed by atoms with van der Waals surface area (Å²) in [6.45, 7) is -0.0469. The highest BCUT2D eigenvalue weighted by Gasteiger charge is 2.37. The lowest BCUT2D eigenvalue weighted by atomic mass is 9.78. The molecule has 0 aliphatic carbocycles. The summed E-state index contributed by atoms with van der Waals surface area (Å²) in [6.07, 6.45) is 0.0412. The van der Waals surface area contributed by atoms with Gasteiger partial charge in [0.2, 0.25) is 0 Å². The normalized spacial score (nSPS) is 19.3. The molecule has 3 rings (SSSR count). The third kappa shape index (κ3) is 3.67. The highest BCUT2D eigenvalue weighted by Crippen LogP contribution is 2.39. The fraction of sp³-hybridized carbons (Fsp3) is 0.300. The van der Waals surface area contributed by atoms with E-state index >= 15 is 0 Å². The highest BCUT2D eigenvalue weighted by atomic mass is 16.5. The molecule has 1 heterocycles. The molecule has 1 aliphatic heterocycles. The summed E-state index contributed by atoms with van der Waals surface area (Å²) < 4.78 is 15.3. The van der Waals surface area contributed by atoms with Gasteiger partial charge in [-0.25, -0.2) is 0 Å². The molecular weight excluding hydrogens is 352 g/mol. The van der Waals surface area contributed by atoms with E-state index in [1.54, 1.807) is 12.1 Å². The number of ketones is 1. The lowest BCUT2D eigenvalue weighted by Crippen LogP contribution is -2.34. The molecule has 27 heavy (non-hydrogen) atoms. The Hall–Kier alpha value is -3.22. The fourth-order valence-corrected chi connectivity index (χ4v) is 3.26. The summed E-state index contributed by atoms with van der Waals surface area (Å²) in [4.78, 5) is 24.9. The predicted octanol–water partition coefficient (Wildman–Crippen LogP) is 2.64. The number of aromatic hydroxyl groups is 2. The summed E-state index contributed by atoms with van der Waals surface area (Å²) in [6, 6.07) is 9.11. The van der Waals surface area contributed by atoms with Crippen LogP contribution in [0.3, 0.4) is 0 Å². The van der Waals surface area contributed by atoms with Gasteiger partial charge in [0.25, 0.3) is 0 Å². The molecule has 2 atom stereocenters. The number of esters is 1. The molecule has 2 N–H and O–H groups in total. The SMILES string of the molecule is COc1cc(C(=O)[C@H]2COC(=O)C[C@@H]2c2ccc(O)c(OC)c2)ccc1O. The molecule has 0 saturated carbocycles. The van der Waals surface area contributed by atoms with Crippen molar-refractivity contribution in [3.8, 4) is 23.0 Å². The van der Waals surface area contributed by atoms with Gasteiger partial charge in [-0.2, -0.15) is 0 Å². The van der Waals surface area contributed by atoms with Crippen molar-refractivity contribution in [2.45, 2.75) is 12.3 Å². The number of cyclic esters (lactones) is 1. The number of hydrogen-bond donors (Lipinski definition) is 2. The maximum Gasteiger partial charge on any atom is 0.306 e. The van der Waals surface area contributed by atoms with Crippen LogP contribution in [0, 0.1) is 5.92 Å². The molecule has 2 aromatic rings. The van der Waals surface area contributed by atoms with Crippen LogP contribution >= 0.6 is 0 Å². The van der Waals surface area contributed by atoms with E-state index in [0.717, 1.165) is 0 Å². The Balaban J connectivity index is 1.96. The van der Waals surface area contributed by atoms with E-state index in [-0.39, 0.29) is 47.8 Å². The number of methoxy groups -OCH3 is 2. The Morgan fingerprint density at radius 3 is 2.33 bits per heavy atom. The number of phenolic OH excluding ortho intramolecular Hbond substituents is 2. The van der Waals surface area contributed by atoms with Crippen LogP contribution in [-0.2, 0) is 9.53 Å². The topological polar surface area (TPSA) is 102 Å². The average molecular weight is 372 g/mol. The summed E-state index contributed by atoms with van der Waals surface area (Å²) in [5, 5.41) is 19.5. The van der Waals surface area contributed by atoms with Gasteiger partial charge in [-0.05, 0) is 35.9 Å². The number of carbonyl (C=O) groups excluding carboxylic acids is 2. The second-order valence-corrected chi connectivity index (χ2v) is 6.28. The van der Waals surface area contributed by atoms with Crippen LogP contribution in [0.15, 0.2) is 36.4 Å². The van der Waals surface area contributed by atoms with Gasteiger partial charge in [0.1, 0.15) is 6.61 Å². The van der Waals surface area contributed by atoms with Crippen LogP contribution in [0.4, 0.5) is 0 Å². The van der Waals surface area contributed by atoms with E-state index < -0.39 is 11.8 Å². The Morgan fingerprint density at radius 2 is 1.67 bits per heavy atom. The molecule has 1 saturated heterocycles. The van der Waals surface area contributed by atoms with Crippen molar-refractivity contribution < 1.29 is 34.0 Å². The van der Waals surface area contributed by atoms with E-state index in [0.29, 0.717) is 11.1 Å². The maximum absolute atomic E-state index is 13.1. The third-order valence-corrected chi connectivity index (χ3v) is 4.73. The van der Waals surface area contributed by atoms with Crippen LogP contribution in [-0.4, -0.2) is 42.8 Å². The zero-order chi connectivity index (χ0) is 19.6. The molecule has 0 spiro atoms. The minimum atomic E-state index is -0.605. The van der Waals surface area contributed by atoms with Gasteiger partial charge < -0.3 is 24.4 Å². The first kappa shape index (κ1) is 18.6. The van der Waals surface area contributed by atoms with E-state index in [1.165, 1.54) is 38.5 Å². The van der Waals surface area contributed by atoms with Crippen molar-refractivity contribution in [2.24, 2.45) is 5.92 Å². The number of phenols is 2. The monoisotopic (exact) mass is 372 g/mol. The average Bonchev–Trinajstić information content (AvgIpc) is 2.68. The Morgan fingerprint density at radius 1 is 1.04 bits per heavy atom. The van der Waals surface area contributed by atoms with E-state index in [4.69, 9.17) is 14.2 Å². The predicted molar refractivity (Wildman–Crippen MR) is 95.5 cm³/mol. The molecule has 0 aromatic heterocycles. The van der Waals surface area contributed by atoms with Crippen LogP contribution in [0.5, 0.6) is 23.0 Å². The first-order valence-corrected chi connectivity index (χ1v) is 8.38. The summed E-state index contributed by atoms with van der Waals surface area (Å²) >= 11 is 0. The third-order valence-electron chi connectivity index (χ3n) is 4.73. The molecule has 0 bridgehead atoms. The number of hydrogen-bond acceptors (Lipinski definition) is 7. The van der Waals surface area contributed by atoms with Gasteiger partial charge in [0.05, 0.1) is 26.6 Å². The zero-order valence-corrected chi connectivity index (χ0v) is 15.0. The van der Waals surface area contributed by atoms with Crippen LogP contribution in [0.25, 0.3) is 0 Å². The first-order valence-electron chi connectivity index (χ1n) is 8.38. The summed E-state index contributed by atoms with van der Waals surface area (Å²) in [5.74, 6) is -1.27. The molecule has 0 radical (unpaired) electrons. The van der Waals surface area contributed by atoms with E-state index in [2.05, 4.69) is 0 Å². The lowest BCUT2D eigenvalue weighted by Gasteiger charge is -2.30. The fourth-order valence-electron chi connectivity index (χ4n) is 3.26. The van der Waals surface area contributed by atoms with Crippen molar-refractivity contribution >= 4 is 11.8 Å². The second kappa shape index (κ2) is 7.57. The van der Waals surface area contributed by atoms with Gasteiger partial charge >= 0.3 is 5.97 Å². The van der Waals surface area contributed by atoms with Crippen molar-refractivity contribution in [1.29, 1.82) is 0 Å². The molecule has 1 aliphatic rings. The maximum atomic E-state index is 13.1. The minimum Gasteiger partial charge on any atom is -0.504 e. The Bertz CT molecular complexity index is 875. The quantitative estimate of drug-likeness (QED) is 0.614. The molecule has 142 valence electrons. The van der Waals surface area contributed by atoms with Gasteiger partial charge in [-0.3, -0.25) is 9.59 Å². The minimum absolute atomic E-state index is 0.0224. The summed E-state index contributed by atoms with van der Waals surface area (Å²) in [7, 11) is 2.83. The van der Waals surface area contributed by atoms with Crippen LogP contribution in [0.1, 0.15) is 28.3 Å². The van der Waals surface area contributed by atoms with E-state index in [9.17, 15) is 19.8 Å². The second-order valence-electron chi connectivity index (χ2n) is 6.28. The number of benzene rings is 2. The smallest absolute Gasteiger partial charge is 0.306 e. The molecule has 1 fully saturated rings. The van der Waals surface area contributed by atoms with Crippen molar-refractivity contribution in [3.63, 3.8) is 0 Å². The van der Waals surface area contributed by atoms with Gasteiger partial charge in [-0.1, -0.05) is 6.07 Å². The first-order chi connectivity index (χ1) is 12.9. The van der Waals surface area contributed by atoms with Crippen molar-refractivity contribution in [1.82, 2.24) is 0 Å². The number of ether oxygens (including phenoxy) is 3. The molecule has 0 amide bonds. The highest BCUT2D eigenvalue weighted by molar-refractivity contribution is 6.00. The summed E-state index contributed by atoms with van der Waals surface area (Å²) in [5.41, 5.74) is 1.05. The molecule has 2 aromatic carbocycles.